The van der Waals surface area contributed by atoms with Crippen LogP contribution in [0.4, 0.5) is 11.8 Å². The van der Waals surface area contributed by atoms with E-state index in [9.17, 15) is 0 Å². The van der Waals surface area contributed by atoms with Crippen molar-refractivity contribution in [2.24, 2.45) is 0 Å². The number of nitrogens with zero attached hydrogens (tertiary/aromatic N) is 4. The van der Waals surface area contributed by atoms with E-state index in [0.29, 0.717) is 12.5 Å². The summed E-state index contributed by atoms with van der Waals surface area (Å²) < 4.78 is 5.51. The highest BCUT2D eigenvalue weighted by molar-refractivity contribution is 7.99. The van der Waals surface area contributed by atoms with Crippen molar-refractivity contribution >= 4 is 23.5 Å². The van der Waals surface area contributed by atoms with Crippen molar-refractivity contribution in [3.05, 3.63) is 28.6 Å². The number of hydrogen-bond donors (Lipinski definition) is 2. The fraction of sp³-hybridized carbons (Fsp3) is 0.438. The van der Waals surface area contributed by atoms with Crippen LogP contribution in [0.1, 0.15) is 34.8 Å². The minimum Gasteiger partial charge on any atom is -0.496 e. The summed E-state index contributed by atoms with van der Waals surface area (Å²) in [4.78, 5) is 13.5. The first kappa shape index (κ1) is 15.5. The number of pyridine rings is 1. The Hall–Kier alpha value is -2.06. The Morgan fingerprint density at radius 3 is 3.04 bits per heavy atom. The number of methoxy groups -OCH3 is 1. The van der Waals surface area contributed by atoms with E-state index in [2.05, 4.69) is 20.4 Å². The van der Waals surface area contributed by atoms with Crippen LogP contribution in [0.5, 0.6) is 5.75 Å². The number of thioether (sulfide) groups is 1. The van der Waals surface area contributed by atoms with Crippen molar-refractivity contribution in [3.63, 3.8) is 0 Å². The molecule has 24 heavy (non-hydrogen) atoms. The van der Waals surface area contributed by atoms with E-state index in [0.717, 1.165) is 51.2 Å². The molecule has 0 aromatic carbocycles. The zero-order valence-electron chi connectivity index (χ0n) is 14.0. The number of nitrogens with one attached hydrogen (secondary N) is 1. The lowest BCUT2D eigenvalue weighted by Gasteiger charge is -2.21. The Balaban J connectivity index is 1.71. The van der Waals surface area contributed by atoms with Crippen LogP contribution in [0.2, 0.25) is 0 Å². The summed E-state index contributed by atoms with van der Waals surface area (Å²) in [5.74, 6) is 3.11. The summed E-state index contributed by atoms with van der Waals surface area (Å²) in [6, 6.07) is 0.254. The maximum atomic E-state index is 5.90. The highest BCUT2D eigenvalue weighted by atomic mass is 32.2. The summed E-state index contributed by atoms with van der Waals surface area (Å²) in [5, 5.41) is 3.03. The van der Waals surface area contributed by atoms with Gasteiger partial charge in [-0.1, -0.05) is 0 Å². The van der Waals surface area contributed by atoms with E-state index in [1.54, 1.807) is 18.9 Å². The number of aromatic nitrogens is 3. The molecule has 3 N–H and O–H groups in total. The van der Waals surface area contributed by atoms with Gasteiger partial charge < -0.3 is 10.5 Å². The molecule has 0 aliphatic carbocycles. The van der Waals surface area contributed by atoms with E-state index in [1.807, 2.05) is 25.1 Å². The van der Waals surface area contributed by atoms with Crippen LogP contribution in [0, 0.1) is 13.8 Å². The van der Waals surface area contributed by atoms with Gasteiger partial charge in [0.2, 0.25) is 5.95 Å². The Morgan fingerprint density at radius 1 is 1.42 bits per heavy atom. The third kappa shape index (κ3) is 2.37. The minimum atomic E-state index is 0.254. The number of ether oxygens (including phenoxy) is 1. The lowest BCUT2D eigenvalue weighted by atomic mass is 10.1. The molecule has 1 unspecified atom stereocenters. The number of aryl methyl sites for hydroxylation is 1. The zero-order chi connectivity index (χ0) is 16.8. The maximum absolute atomic E-state index is 5.90. The fourth-order valence-corrected chi connectivity index (χ4v) is 4.47. The second-order valence-corrected chi connectivity index (χ2v) is 7.16. The molecule has 0 radical (unpaired) electrons. The Bertz CT molecular complexity index is 812. The summed E-state index contributed by atoms with van der Waals surface area (Å²) in [7, 11) is 1.69. The molecule has 1 atom stereocenters. The third-order valence-corrected chi connectivity index (χ3v) is 5.55. The van der Waals surface area contributed by atoms with Gasteiger partial charge in [-0.15, -0.1) is 11.8 Å². The summed E-state index contributed by atoms with van der Waals surface area (Å²) in [6.07, 6.45) is 2.90. The van der Waals surface area contributed by atoms with Gasteiger partial charge >= 0.3 is 0 Å². The lowest BCUT2D eigenvalue weighted by molar-refractivity contribution is 0.406. The van der Waals surface area contributed by atoms with Crippen LogP contribution in [-0.2, 0) is 6.54 Å². The Kier molecular flexibility index (Phi) is 3.73. The molecule has 7 nitrogen and oxygen atoms in total. The maximum Gasteiger partial charge on any atom is 0.223 e. The second kappa shape index (κ2) is 5.78. The molecule has 0 amide bonds. The van der Waals surface area contributed by atoms with Gasteiger partial charge in [0.1, 0.15) is 10.8 Å². The molecular weight excluding hydrogens is 324 g/mol. The molecule has 4 rings (SSSR count). The largest absolute Gasteiger partial charge is 0.496 e. The first-order chi connectivity index (χ1) is 11.6. The number of hydrogen-bond acceptors (Lipinski definition) is 8. The van der Waals surface area contributed by atoms with Gasteiger partial charge in [0, 0.05) is 28.6 Å². The van der Waals surface area contributed by atoms with Crippen molar-refractivity contribution in [1.29, 1.82) is 0 Å². The topological polar surface area (TPSA) is 89.2 Å². The van der Waals surface area contributed by atoms with Gasteiger partial charge in [-0.05, 0) is 20.3 Å². The van der Waals surface area contributed by atoms with E-state index in [1.165, 1.54) is 0 Å². The molecule has 2 aromatic rings. The summed E-state index contributed by atoms with van der Waals surface area (Å²) in [6.45, 7) is 4.64. The quantitative estimate of drug-likeness (QED) is 0.819. The van der Waals surface area contributed by atoms with E-state index in [4.69, 9.17) is 10.5 Å². The van der Waals surface area contributed by atoms with Gasteiger partial charge in [0.05, 0.1) is 25.4 Å². The highest BCUT2D eigenvalue weighted by Crippen LogP contribution is 2.44. The number of nitrogens with two attached hydrogens (primary N) is 1. The summed E-state index contributed by atoms with van der Waals surface area (Å²) in [5.41, 5.74) is 13.6. The smallest absolute Gasteiger partial charge is 0.223 e. The van der Waals surface area contributed by atoms with Gasteiger partial charge in [0.15, 0.2) is 5.82 Å². The second-order valence-electron chi connectivity index (χ2n) is 6.08. The van der Waals surface area contributed by atoms with Crippen LogP contribution >= 0.6 is 11.8 Å². The van der Waals surface area contributed by atoms with Crippen LogP contribution in [-0.4, -0.2) is 27.8 Å². The predicted molar refractivity (Wildman–Crippen MR) is 94.1 cm³/mol. The lowest BCUT2D eigenvalue weighted by Crippen LogP contribution is -2.35. The van der Waals surface area contributed by atoms with Crippen molar-refractivity contribution in [2.75, 3.05) is 23.6 Å². The molecular formula is C16H20N6OS. The predicted octanol–water partition coefficient (Wildman–Crippen LogP) is 2.14. The number of nitrogen functional groups attached to an aromatic ring is 1. The molecule has 0 bridgehead atoms. The first-order valence-corrected chi connectivity index (χ1v) is 8.90. The minimum absolute atomic E-state index is 0.254. The molecule has 4 heterocycles. The molecule has 2 aromatic heterocycles. The zero-order valence-corrected chi connectivity index (χ0v) is 14.8. The van der Waals surface area contributed by atoms with Gasteiger partial charge in [-0.3, -0.25) is 9.99 Å². The number of anilines is 2. The van der Waals surface area contributed by atoms with Crippen molar-refractivity contribution in [3.8, 4) is 5.75 Å². The molecule has 0 saturated heterocycles. The van der Waals surface area contributed by atoms with Crippen LogP contribution in [0.3, 0.4) is 0 Å². The fourth-order valence-electron chi connectivity index (χ4n) is 3.37. The van der Waals surface area contributed by atoms with Crippen molar-refractivity contribution in [1.82, 2.24) is 20.4 Å². The van der Waals surface area contributed by atoms with Crippen LogP contribution < -0.4 is 20.9 Å². The Labute approximate surface area is 145 Å². The number of rotatable bonds is 3. The molecule has 2 aliphatic heterocycles. The molecule has 0 saturated carbocycles. The van der Waals surface area contributed by atoms with E-state index >= 15 is 0 Å². The number of hydrazine groups is 1. The molecule has 8 heteroatoms. The van der Waals surface area contributed by atoms with Crippen molar-refractivity contribution < 1.29 is 4.74 Å². The average Bonchev–Trinajstić information content (AvgIpc) is 2.90. The van der Waals surface area contributed by atoms with Gasteiger partial charge in [-0.2, -0.15) is 4.98 Å². The molecule has 126 valence electrons. The first-order valence-electron chi connectivity index (χ1n) is 7.91. The highest BCUT2D eigenvalue weighted by Gasteiger charge is 2.36. The van der Waals surface area contributed by atoms with Crippen molar-refractivity contribution in [2.45, 2.75) is 37.9 Å². The molecule has 2 aliphatic rings. The Morgan fingerprint density at radius 2 is 2.25 bits per heavy atom. The monoisotopic (exact) mass is 344 g/mol. The van der Waals surface area contributed by atoms with Crippen LogP contribution in [0.15, 0.2) is 11.2 Å². The standard InChI is InChI=1S/C16H20N6OS/c1-8-6-18-11(9(2)13(8)23-3)7-22-14-12-10(21-22)4-5-24-15(12)20-16(17)19-14/h6,10,21H,4-5,7H2,1-3H3,(H2,17,19,20). The van der Waals surface area contributed by atoms with Gasteiger partial charge in [0.25, 0.3) is 0 Å². The van der Waals surface area contributed by atoms with Gasteiger partial charge in [-0.25, -0.2) is 10.4 Å². The van der Waals surface area contributed by atoms with E-state index < -0.39 is 0 Å². The molecule has 0 spiro atoms. The third-order valence-electron chi connectivity index (χ3n) is 4.53. The summed E-state index contributed by atoms with van der Waals surface area (Å²) >= 11 is 1.75. The molecule has 0 fully saturated rings. The van der Waals surface area contributed by atoms with Crippen LogP contribution in [0.25, 0.3) is 0 Å². The van der Waals surface area contributed by atoms with E-state index in [-0.39, 0.29) is 6.04 Å². The average molecular weight is 344 g/mol. The SMILES string of the molecule is COc1c(C)cnc(CN2NC3CCSc4nc(N)nc2c43)c1C. The normalized spacial score (nSPS) is 18.6.